The van der Waals surface area contributed by atoms with Crippen LogP contribution in [0.3, 0.4) is 0 Å². The van der Waals surface area contributed by atoms with E-state index >= 15 is 0 Å². The first kappa shape index (κ1) is 19.8. The van der Waals surface area contributed by atoms with Gasteiger partial charge in [0, 0.05) is 12.7 Å². The molecule has 0 aliphatic carbocycles. The predicted octanol–water partition coefficient (Wildman–Crippen LogP) is 4.21. The highest BCUT2D eigenvalue weighted by molar-refractivity contribution is 7.90. The highest BCUT2D eigenvalue weighted by atomic mass is 35.5. The topological polar surface area (TPSA) is 63.2 Å². The zero-order valence-electron chi connectivity index (χ0n) is 13.9. The molecule has 0 aliphatic rings. The molecule has 0 radical (unpaired) electrons. The number of hydrogen-bond acceptors (Lipinski definition) is 3. The van der Waals surface area contributed by atoms with E-state index in [9.17, 15) is 13.2 Å². The number of amides is 1. The van der Waals surface area contributed by atoms with Gasteiger partial charge in [0.05, 0.1) is 21.0 Å². The highest BCUT2D eigenvalue weighted by Gasteiger charge is 2.12. The van der Waals surface area contributed by atoms with E-state index < -0.39 is 9.84 Å². The van der Waals surface area contributed by atoms with E-state index in [0.717, 1.165) is 17.4 Å². The van der Waals surface area contributed by atoms with Crippen LogP contribution >= 0.6 is 23.2 Å². The minimum Gasteiger partial charge on any atom is -0.350 e. The van der Waals surface area contributed by atoms with Crippen LogP contribution in [0.2, 0.25) is 10.0 Å². The lowest BCUT2D eigenvalue weighted by atomic mass is 10.1. The van der Waals surface area contributed by atoms with Gasteiger partial charge in [0.15, 0.2) is 9.84 Å². The number of hydrogen-bond donors (Lipinski definition) is 1. The lowest BCUT2D eigenvalue weighted by Gasteiger charge is -2.15. The summed E-state index contributed by atoms with van der Waals surface area (Å²) in [6.07, 6.45) is 2.04. The second kappa shape index (κ2) is 8.21. The third-order valence-corrected chi connectivity index (χ3v) is 5.68. The molecule has 1 N–H and O–H groups in total. The van der Waals surface area contributed by atoms with Gasteiger partial charge in [0.25, 0.3) is 0 Å². The molecule has 7 heteroatoms. The second-order valence-electron chi connectivity index (χ2n) is 5.88. The Morgan fingerprint density at radius 3 is 2.28 bits per heavy atom. The number of benzene rings is 2. The lowest BCUT2D eigenvalue weighted by molar-refractivity contribution is -0.121. The first-order valence-corrected chi connectivity index (χ1v) is 10.3. The number of rotatable bonds is 6. The molecule has 0 aliphatic heterocycles. The summed E-state index contributed by atoms with van der Waals surface area (Å²) >= 11 is 11.8. The molecule has 0 spiro atoms. The molecule has 1 unspecified atom stereocenters. The number of sulfone groups is 1. The predicted molar refractivity (Wildman–Crippen MR) is 101 cm³/mol. The van der Waals surface area contributed by atoms with Gasteiger partial charge in [-0.3, -0.25) is 4.79 Å². The van der Waals surface area contributed by atoms with Gasteiger partial charge in [-0.15, -0.1) is 0 Å². The summed E-state index contributed by atoms with van der Waals surface area (Å²) < 4.78 is 22.9. The van der Waals surface area contributed by atoms with Gasteiger partial charge in [-0.2, -0.15) is 0 Å². The Kier molecular flexibility index (Phi) is 6.49. The van der Waals surface area contributed by atoms with Gasteiger partial charge in [-0.25, -0.2) is 8.42 Å². The van der Waals surface area contributed by atoms with Crippen molar-refractivity contribution in [3.05, 3.63) is 63.6 Å². The van der Waals surface area contributed by atoms with E-state index in [1.807, 2.05) is 13.0 Å². The van der Waals surface area contributed by atoms with E-state index in [2.05, 4.69) is 5.32 Å². The zero-order chi connectivity index (χ0) is 18.6. The SMILES string of the molecule is CC(NC(=O)CCc1ccc(Cl)c(Cl)c1)c1ccc(S(C)(=O)=O)cc1. The Morgan fingerprint density at radius 1 is 1.08 bits per heavy atom. The van der Waals surface area contributed by atoms with Crippen molar-refractivity contribution in [2.24, 2.45) is 0 Å². The van der Waals surface area contributed by atoms with Crippen molar-refractivity contribution >= 4 is 38.9 Å². The first-order chi connectivity index (χ1) is 11.7. The third-order valence-electron chi connectivity index (χ3n) is 3.81. The largest absolute Gasteiger partial charge is 0.350 e. The van der Waals surface area contributed by atoms with Gasteiger partial charge in [0.1, 0.15) is 0 Å². The van der Waals surface area contributed by atoms with Crippen LogP contribution in [-0.4, -0.2) is 20.6 Å². The fourth-order valence-electron chi connectivity index (χ4n) is 2.35. The van der Waals surface area contributed by atoms with Crippen LogP contribution in [0, 0.1) is 0 Å². The van der Waals surface area contributed by atoms with E-state index in [-0.39, 0.29) is 16.8 Å². The zero-order valence-corrected chi connectivity index (χ0v) is 16.3. The molecule has 2 rings (SSSR count). The molecule has 25 heavy (non-hydrogen) atoms. The van der Waals surface area contributed by atoms with Crippen molar-refractivity contribution in [1.29, 1.82) is 0 Å². The second-order valence-corrected chi connectivity index (χ2v) is 8.71. The molecule has 4 nitrogen and oxygen atoms in total. The quantitative estimate of drug-likeness (QED) is 0.790. The van der Waals surface area contributed by atoms with Gasteiger partial charge >= 0.3 is 0 Å². The molecule has 2 aromatic rings. The Hall–Kier alpha value is -1.56. The van der Waals surface area contributed by atoms with Crippen LogP contribution < -0.4 is 5.32 Å². The van der Waals surface area contributed by atoms with Crippen molar-refractivity contribution in [3.63, 3.8) is 0 Å². The number of aryl methyl sites for hydroxylation is 1. The van der Waals surface area contributed by atoms with Crippen molar-refractivity contribution in [3.8, 4) is 0 Å². The maximum Gasteiger partial charge on any atom is 0.220 e. The third kappa shape index (κ3) is 5.73. The normalized spacial score (nSPS) is 12.6. The van der Waals surface area contributed by atoms with E-state index in [4.69, 9.17) is 23.2 Å². The number of halogens is 2. The summed E-state index contributed by atoms with van der Waals surface area (Å²) in [6, 6.07) is 11.6. The molecule has 0 heterocycles. The summed E-state index contributed by atoms with van der Waals surface area (Å²) in [5.41, 5.74) is 1.78. The number of carbonyl (C=O) groups excluding carboxylic acids is 1. The minimum atomic E-state index is -3.22. The highest BCUT2D eigenvalue weighted by Crippen LogP contribution is 2.23. The standard InChI is InChI=1S/C18H19Cl2NO3S/c1-12(14-5-7-15(8-6-14)25(2,23)24)21-18(22)10-4-13-3-9-16(19)17(20)11-13/h3,5-9,11-12H,4,10H2,1-2H3,(H,21,22). The lowest BCUT2D eigenvalue weighted by Crippen LogP contribution is -2.26. The van der Waals surface area contributed by atoms with Gasteiger partial charge in [-0.05, 0) is 48.7 Å². The Morgan fingerprint density at radius 2 is 1.72 bits per heavy atom. The molecular weight excluding hydrogens is 381 g/mol. The van der Waals surface area contributed by atoms with Crippen molar-refractivity contribution < 1.29 is 13.2 Å². The van der Waals surface area contributed by atoms with Gasteiger partial charge in [0.2, 0.25) is 5.91 Å². The molecule has 0 fully saturated rings. The molecule has 1 atom stereocenters. The first-order valence-electron chi connectivity index (χ1n) is 7.70. The summed E-state index contributed by atoms with van der Waals surface area (Å²) in [4.78, 5) is 12.4. The maximum absolute atomic E-state index is 12.1. The maximum atomic E-state index is 12.1. The van der Waals surface area contributed by atoms with Gasteiger partial charge in [-0.1, -0.05) is 41.4 Å². The summed E-state index contributed by atoms with van der Waals surface area (Å²) in [5.74, 6) is -0.0919. The molecule has 1 amide bonds. The molecule has 0 bridgehead atoms. The van der Waals surface area contributed by atoms with Crippen LogP contribution in [0.5, 0.6) is 0 Å². The van der Waals surface area contributed by atoms with Crippen LogP contribution in [-0.2, 0) is 21.1 Å². The average molecular weight is 400 g/mol. The van der Waals surface area contributed by atoms with Gasteiger partial charge < -0.3 is 5.32 Å². The smallest absolute Gasteiger partial charge is 0.220 e. The molecule has 0 saturated heterocycles. The summed E-state index contributed by atoms with van der Waals surface area (Å²) in [5, 5.41) is 3.86. The molecular formula is C18H19Cl2NO3S. The fourth-order valence-corrected chi connectivity index (χ4v) is 3.30. The summed E-state index contributed by atoms with van der Waals surface area (Å²) in [6.45, 7) is 1.85. The Bertz CT molecular complexity index is 864. The fraction of sp³-hybridized carbons (Fsp3) is 0.278. The Balaban J connectivity index is 1.92. The van der Waals surface area contributed by atoms with Crippen LogP contribution in [0.1, 0.15) is 30.5 Å². The van der Waals surface area contributed by atoms with Crippen molar-refractivity contribution in [1.82, 2.24) is 5.32 Å². The van der Waals surface area contributed by atoms with Crippen molar-refractivity contribution in [2.45, 2.75) is 30.7 Å². The number of carbonyl (C=O) groups is 1. The van der Waals surface area contributed by atoms with Crippen LogP contribution in [0.25, 0.3) is 0 Å². The molecule has 0 saturated carbocycles. The number of nitrogens with one attached hydrogen (secondary N) is 1. The van der Waals surface area contributed by atoms with Crippen molar-refractivity contribution in [2.75, 3.05) is 6.26 Å². The van der Waals surface area contributed by atoms with E-state index in [1.54, 1.807) is 36.4 Å². The molecule has 0 aromatic heterocycles. The van der Waals surface area contributed by atoms with E-state index in [0.29, 0.717) is 22.9 Å². The van der Waals surface area contributed by atoms with Crippen LogP contribution in [0.4, 0.5) is 0 Å². The summed E-state index contributed by atoms with van der Waals surface area (Å²) in [7, 11) is -3.22. The van der Waals surface area contributed by atoms with Crippen LogP contribution in [0.15, 0.2) is 47.4 Å². The molecule has 2 aromatic carbocycles. The average Bonchev–Trinajstić information content (AvgIpc) is 2.55. The van der Waals surface area contributed by atoms with E-state index in [1.165, 1.54) is 0 Å². The monoisotopic (exact) mass is 399 g/mol. The Labute approximate surface area is 158 Å². The minimum absolute atomic E-state index is 0.0919. The molecule has 134 valence electrons.